The van der Waals surface area contributed by atoms with E-state index in [0.717, 1.165) is 0 Å². The van der Waals surface area contributed by atoms with Gasteiger partial charge in [0.1, 0.15) is 11.3 Å². The first kappa shape index (κ1) is 16.9. The normalized spacial score (nSPS) is 20.6. The number of carbonyl (C=O) groups is 3. The van der Waals surface area contributed by atoms with Crippen LogP contribution >= 0.6 is 0 Å². The molecule has 0 spiro atoms. The molecule has 3 amide bonds. The van der Waals surface area contributed by atoms with Gasteiger partial charge in [-0.1, -0.05) is 24.3 Å². The van der Waals surface area contributed by atoms with Gasteiger partial charge in [-0.2, -0.15) is 0 Å². The first-order valence-corrected chi connectivity index (χ1v) is 8.43. The Bertz CT molecular complexity index is 742. The van der Waals surface area contributed by atoms with Crippen LogP contribution in [-0.4, -0.2) is 32.2 Å². The largest absolute Gasteiger partial charge is 0.368 e. The molecule has 2 atom stereocenters. The summed E-state index contributed by atoms with van der Waals surface area (Å²) in [5, 5.41) is 1.54. The average Bonchev–Trinajstić information content (AvgIpc) is 2.71. The van der Waals surface area contributed by atoms with Crippen molar-refractivity contribution in [2.75, 3.05) is 0 Å². The van der Waals surface area contributed by atoms with E-state index in [1.807, 2.05) is 4.72 Å². The van der Waals surface area contributed by atoms with Gasteiger partial charge in [-0.3, -0.25) is 19.1 Å². The Morgan fingerprint density at radius 3 is 2.39 bits per heavy atom. The molecule has 0 bridgehead atoms. The van der Waals surface area contributed by atoms with Crippen molar-refractivity contribution in [3.63, 3.8) is 0 Å². The fourth-order valence-corrected chi connectivity index (χ4v) is 3.85. The Labute approximate surface area is 133 Å². The summed E-state index contributed by atoms with van der Waals surface area (Å²) in [5.74, 6) is -1.55. The van der Waals surface area contributed by atoms with Gasteiger partial charge in [-0.05, 0) is 11.1 Å². The molecular formula is C14H17N3O5S. The molecule has 1 unspecified atom stereocenters. The molecule has 23 heavy (non-hydrogen) atoms. The minimum Gasteiger partial charge on any atom is -0.368 e. The minimum absolute atomic E-state index is 0.114. The third-order valence-electron chi connectivity index (χ3n) is 3.51. The Morgan fingerprint density at radius 1 is 1.35 bits per heavy atom. The highest BCUT2D eigenvalue weighted by Crippen LogP contribution is 2.30. The highest BCUT2D eigenvalue weighted by molar-refractivity contribution is 7.90. The monoisotopic (exact) mass is 339 g/mol. The van der Waals surface area contributed by atoms with E-state index in [1.165, 1.54) is 6.92 Å². The van der Waals surface area contributed by atoms with E-state index >= 15 is 0 Å². The van der Waals surface area contributed by atoms with Crippen molar-refractivity contribution in [1.29, 1.82) is 0 Å². The molecular weight excluding hydrogens is 322 g/mol. The summed E-state index contributed by atoms with van der Waals surface area (Å²) in [4.78, 5) is 33.6. The van der Waals surface area contributed by atoms with Gasteiger partial charge in [0.25, 0.3) is 0 Å². The average molecular weight is 339 g/mol. The molecule has 8 nitrogen and oxygen atoms in total. The number of hydrogen-bond acceptors (Lipinski definition) is 5. The van der Waals surface area contributed by atoms with Crippen molar-refractivity contribution in [3.8, 4) is 0 Å². The van der Waals surface area contributed by atoms with E-state index in [1.54, 1.807) is 24.3 Å². The number of benzene rings is 1. The van der Waals surface area contributed by atoms with Crippen LogP contribution < -0.4 is 15.8 Å². The van der Waals surface area contributed by atoms with Crippen LogP contribution in [0.5, 0.6) is 0 Å². The zero-order chi connectivity index (χ0) is 17.2. The summed E-state index contributed by atoms with van der Waals surface area (Å²) in [7, 11) is -3.69. The lowest BCUT2D eigenvalue weighted by molar-refractivity contribution is -0.126. The van der Waals surface area contributed by atoms with Crippen LogP contribution in [0.25, 0.3) is 0 Å². The highest BCUT2D eigenvalue weighted by atomic mass is 32.2. The number of nitrogens with one attached hydrogen (secondary N) is 2. The number of nitrogens with two attached hydrogens (primary N) is 1. The van der Waals surface area contributed by atoms with Crippen molar-refractivity contribution in [3.05, 3.63) is 35.4 Å². The van der Waals surface area contributed by atoms with Crippen LogP contribution in [-0.2, 0) is 30.8 Å². The van der Waals surface area contributed by atoms with Crippen LogP contribution in [0.2, 0.25) is 0 Å². The van der Waals surface area contributed by atoms with Gasteiger partial charge < -0.3 is 11.1 Å². The standard InChI is InChI=1S/C14H17N3O5S/c1-8(18)16-11(14(15)20)6-9-2-4-10(5-3-9)12-7-13(19)17-23(12,21)22/h2-5,11-12H,6-7H2,1H3,(H2,15,20)(H,16,18)(H,17,19)/t11-,12?/m0/s1. The van der Waals surface area contributed by atoms with Crippen LogP contribution in [0.4, 0.5) is 0 Å². The molecule has 1 aromatic carbocycles. The summed E-state index contributed by atoms with van der Waals surface area (Å²) in [6.07, 6.45) is 0.0846. The lowest BCUT2D eigenvalue weighted by Gasteiger charge is -2.15. The number of primary amides is 1. The number of amides is 3. The van der Waals surface area contributed by atoms with Gasteiger partial charge in [0.2, 0.25) is 27.7 Å². The highest BCUT2D eigenvalue weighted by Gasteiger charge is 2.37. The van der Waals surface area contributed by atoms with E-state index in [-0.39, 0.29) is 18.7 Å². The van der Waals surface area contributed by atoms with Crippen LogP contribution in [0.3, 0.4) is 0 Å². The molecule has 1 saturated heterocycles. The molecule has 0 aliphatic carbocycles. The topological polar surface area (TPSA) is 135 Å². The second-order valence-corrected chi connectivity index (χ2v) is 7.23. The third kappa shape index (κ3) is 4.07. The Hall–Kier alpha value is -2.42. The van der Waals surface area contributed by atoms with Gasteiger partial charge in [-0.25, -0.2) is 8.42 Å². The van der Waals surface area contributed by atoms with E-state index in [4.69, 9.17) is 5.73 Å². The molecule has 2 rings (SSSR count). The molecule has 1 aliphatic rings. The maximum absolute atomic E-state index is 11.8. The van der Waals surface area contributed by atoms with Crippen LogP contribution in [0.15, 0.2) is 24.3 Å². The van der Waals surface area contributed by atoms with Crippen LogP contribution in [0.1, 0.15) is 29.7 Å². The molecule has 0 aromatic heterocycles. The van der Waals surface area contributed by atoms with Gasteiger partial charge >= 0.3 is 0 Å². The molecule has 1 aromatic rings. The number of hydrogen-bond donors (Lipinski definition) is 3. The lowest BCUT2D eigenvalue weighted by Crippen LogP contribution is -2.44. The SMILES string of the molecule is CC(=O)N[C@@H](Cc1ccc(C2CC(=O)NS2(=O)=O)cc1)C(N)=O. The molecule has 0 saturated carbocycles. The molecule has 9 heteroatoms. The van der Waals surface area contributed by atoms with Gasteiger partial charge in [0, 0.05) is 13.3 Å². The minimum atomic E-state index is -3.69. The maximum Gasteiger partial charge on any atom is 0.242 e. The predicted molar refractivity (Wildman–Crippen MR) is 81.4 cm³/mol. The van der Waals surface area contributed by atoms with Crippen LogP contribution in [0, 0.1) is 0 Å². The Balaban J connectivity index is 2.15. The zero-order valence-corrected chi connectivity index (χ0v) is 13.2. The van der Waals surface area contributed by atoms with Crippen molar-refractivity contribution in [1.82, 2.24) is 10.0 Å². The summed E-state index contributed by atoms with van der Waals surface area (Å²) in [5.41, 5.74) is 6.43. The van der Waals surface area contributed by atoms with Crippen molar-refractivity contribution in [2.45, 2.75) is 31.1 Å². The molecule has 4 N–H and O–H groups in total. The zero-order valence-electron chi connectivity index (χ0n) is 12.4. The summed E-state index contributed by atoms with van der Waals surface area (Å²) < 4.78 is 25.6. The third-order valence-corrected chi connectivity index (χ3v) is 5.21. The van der Waals surface area contributed by atoms with Gasteiger partial charge in [0.05, 0.1) is 6.42 Å². The van der Waals surface area contributed by atoms with Gasteiger partial charge in [-0.15, -0.1) is 0 Å². The first-order valence-electron chi connectivity index (χ1n) is 6.89. The fraction of sp³-hybridized carbons (Fsp3) is 0.357. The smallest absolute Gasteiger partial charge is 0.242 e. The molecule has 124 valence electrons. The Kier molecular flexibility index (Phi) is 4.69. The van der Waals surface area contributed by atoms with E-state index in [0.29, 0.717) is 11.1 Å². The maximum atomic E-state index is 11.8. The van der Waals surface area contributed by atoms with Crippen molar-refractivity contribution < 1.29 is 22.8 Å². The second kappa shape index (κ2) is 6.37. The summed E-state index contributed by atoms with van der Waals surface area (Å²) in [6, 6.07) is 5.63. The van der Waals surface area contributed by atoms with Crippen molar-refractivity contribution in [2.24, 2.45) is 5.73 Å². The lowest BCUT2D eigenvalue weighted by atomic mass is 10.0. The second-order valence-electron chi connectivity index (χ2n) is 5.36. The van der Waals surface area contributed by atoms with Gasteiger partial charge in [0.15, 0.2) is 0 Å². The summed E-state index contributed by atoms with van der Waals surface area (Å²) >= 11 is 0. The molecule has 0 radical (unpaired) electrons. The van der Waals surface area contributed by atoms with E-state index in [9.17, 15) is 22.8 Å². The number of sulfonamides is 1. The molecule has 1 fully saturated rings. The first-order chi connectivity index (χ1) is 10.7. The Morgan fingerprint density at radius 2 is 1.96 bits per heavy atom. The van der Waals surface area contributed by atoms with E-state index in [2.05, 4.69) is 5.32 Å². The number of carbonyl (C=O) groups excluding carboxylic acids is 3. The van der Waals surface area contributed by atoms with Crippen molar-refractivity contribution >= 4 is 27.7 Å². The fourth-order valence-electron chi connectivity index (χ4n) is 2.42. The quantitative estimate of drug-likeness (QED) is 0.639. The van der Waals surface area contributed by atoms with E-state index < -0.39 is 33.1 Å². The predicted octanol–water partition coefficient (Wildman–Crippen LogP) is -0.890. The molecule has 1 aliphatic heterocycles. The molecule has 1 heterocycles. The summed E-state index contributed by atoms with van der Waals surface area (Å²) in [6.45, 7) is 1.29. The number of rotatable bonds is 5.